The van der Waals surface area contributed by atoms with Crippen LogP contribution in [0.5, 0.6) is 17.2 Å². The maximum atomic E-state index is 12.3. The fraction of sp³-hybridized carbons (Fsp3) is 0.500. The first-order valence-corrected chi connectivity index (χ1v) is 8.65. The number of carbonyl (C=O) groups excluding carboxylic acids is 3. The zero-order chi connectivity index (χ0) is 19.8. The van der Waals surface area contributed by atoms with E-state index in [1.807, 2.05) is 0 Å². The molecule has 0 bridgehead atoms. The van der Waals surface area contributed by atoms with Crippen LogP contribution in [0.3, 0.4) is 0 Å². The molecule has 1 atom stereocenters. The van der Waals surface area contributed by atoms with E-state index < -0.39 is 5.92 Å². The third-order valence-electron chi connectivity index (χ3n) is 4.24. The van der Waals surface area contributed by atoms with Gasteiger partial charge in [0.1, 0.15) is 5.92 Å². The molecule has 1 heterocycles. The van der Waals surface area contributed by atoms with Gasteiger partial charge in [-0.3, -0.25) is 14.4 Å². The molecule has 0 aromatic heterocycles. The van der Waals surface area contributed by atoms with Gasteiger partial charge in [-0.1, -0.05) is 0 Å². The Morgan fingerprint density at radius 3 is 2.26 bits per heavy atom. The first kappa shape index (κ1) is 20.3. The van der Waals surface area contributed by atoms with Crippen LogP contribution in [0.2, 0.25) is 0 Å². The molecule has 1 aromatic rings. The van der Waals surface area contributed by atoms with Crippen molar-refractivity contribution in [3.8, 4) is 17.2 Å². The summed E-state index contributed by atoms with van der Waals surface area (Å²) >= 11 is 0. The molecule has 1 fully saturated rings. The van der Waals surface area contributed by atoms with Gasteiger partial charge in [0.2, 0.25) is 17.6 Å². The molecule has 27 heavy (non-hydrogen) atoms. The van der Waals surface area contributed by atoms with Gasteiger partial charge in [-0.2, -0.15) is 0 Å². The lowest BCUT2D eigenvalue weighted by Crippen LogP contribution is -2.46. The number of nitrogens with one attached hydrogen (secondary N) is 3. The molecule has 0 spiro atoms. The highest BCUT2D eigenvalue weighted by Crippen LogP contribution is 2.38. The third-order valence-corrected chi connectivity index (χ3v) is 4.24. The second-order valence-electron chi connectivity index (χ2n) is 5.95. The highest BCUT2D eigenvalue weighted by molar-refractivity contribution is 6.00. The minimum absolute atomic E-state index is 0.218. The van der Waals surface area contributed by atoms with Gasteiger partial charge in [0, 0.05) is 25.2 Å². The molecule has 1 saturated heterocycles. The number of rotatable bonds is 8. The van der Waals surface area contributed by atoms with E-state index in [0.717, 1.165) is 6.42 Å². The number of methoxy groups -OCH3 is 3. The fourth-order valence-corrected chi connectivity index (χ4v) is 2.82. The van der Waals surface area contributed by atoms with Crippen molar-refractivity contribution >= 4 is 17.7 Å². The van der Waals surface area contributed by atoms with E-state index in [1.54, 1.807) is 12.1 Å². The molecule has 1 aliphatic rings. The second-order valence-corrected chi connectivity index (χ2v) is 5.95. The number of benzene rings is 1. The smallest absolute Gasteiger partial charge is 0.251 e. The number of ether oxygens (including phenoxy) is 3. The summed E-state index contributed by atoms with van der Waals surface area (Å²) in [6, 6.07) is 3.09. The summed E-state index contributed by atoms with van der Waals surface area (Å²) in [5.41, 5.74) is 0.336. The van der Waals surface area contributed by atoms with Crippen molar-refractivity contribution in [3.05, 3.63) is 17.7 Å². The first-order valence-electron chi connectivity index (χ1n) is 8.65. The molecule has 9 nitrogen and oxygen atoms in total. The van der Waals surface area contributed by atoms with Gasteiger partial charge in [0.15, 0.2) is 11.5 Å². The van der Waals surface area contributed by atoms with Crippen LogP contribution in [0, 0.1) is 5.92 Å². The monoisotopic (exact) mass is 379 g/mol. The Bertz CT molecular complexity index is 681. The van der Waals surface area contributed by atoms with Crippen molar-refractivity contribution in [2.75, 3.05) is 41.0 Å². The van der Waals surface area contributed by atoms with Gasteiger partial charge in [-0.15, -0.1) is 0 Å². The average molecular weight is 379 g/mol. The highest BCUT2D eigenvalue weighted by Gasteiger charge is 2.28. The lowest BCUT2D eigenvalue weighted by atomic mass is 9.98. The van der Waals surface area contributed by atoms with E-state index >= 15 is 0 Å². The van der Waals surface area contributed by atoms with Crippen LogP contribution in [-0.2, 0) is 9.59 Å². The number of hydrogen-bond donors (Lipinski definition) is 3. The lowest BCUT2D eigenvalue weighted by Gasteiger charge is -2.21. The zero-order valence-electron chi connectivity index (χ0n) is 15.7. The van der Waals surface area contributed by atoms with Gasteiger partial charge >= 0.3 is 0 Å². The Morgan fingerprint density at radius 1 is 1.07 bits per heavy atom. The maximum absolute atomic E-state index is 12.3. The summed E-state index contributed by atoms with van der Waals surface area (Å²) in [7, 11) is 4.42. The van der Waals surface area contributed by atoms with E-state index in [-0.39, 0.29) is 30.8 Å². The van der Waals surface area contributed by atoms with E-state index in [2.05, 4.69) is 16.0 Å². The molecule has 2 rings (SSSR count). The van der Waals surface area contributed by atoms with Crippen LogP contribution in [-0.4, -0.2) is 58.7 Å². The predicted molar refractivity (Wildman–Crippen MR) is 97.2 cm³/mol. The van der Waals surface area contributed by atoms with E-state index in [9.17, 15) is 14.4 Å². The van der Waals surface area contributed by atoms with E-state index in [0.29, 0.717) is 35.8 Å². The van der Waals surface area contributed by atoms with Gasteiger partial charge in [0.05, 0.1) is 21.3 Å². The molecular formula is C18H25N3O6. The third kappa shape index (κ3) is 5.02. The fourth-order valence-electron chi connectivity index (χ4n) is 2.82. The van der Waals surface area contributed by atoms with E-state index in [1.165, 1.54) is 21.3 Å². The Kier molecular flexibility index (Phi) is 7.27. The quantitative estimate of drug-likeness (QED) is 0.435. The van der Waals surface area contributed by atoms with Crippen molar-refractivity contribution in [2.45, 2.75) is 12.8 Å². The zero-order valence-corrected chi connectivity index (χ0v) is 15.7. The predicted octanol–water partition coefficient (Wildman–Crippen LogP) is 0.0846. The number of amides is 3. The summed E-state index contributed by atoms with van der Waals surface area (Å²) in [4.78, 5) is 36.0. The summed E-state index contributed by atoms with van der Waals surface area (Å²) < 4.78 is 15.7. The molecule has 1 aromatic carbocycles. The molecular weight excluding hydrogens is 354 g/mol. The minimum atomic E-state index is -0.662. The average Bonchev–Trinajstić information content (AvgIpc) is 2.69. The topological polar surface area (TPSA) is 115 Å². The summed E-state index contributed by atoms with van der Waals surface area (Å²) in [5, 5.41) is 8.04. The summed E-state index contributed by atoms with van der Waals surface area (Å²) in [5.74, 6) is -0.440. The normalized spacial score (nSPS) is 16.1. The number of piperidine rings is 1. The summed E-state index contributed by atoms with van der Waals surface area (Å²) in [6.45, 7) is 1.04. The van der Waals surface area contributed by atoms with Crippen molar-refractivity contribution in [1.82, 2.24) is 16.0 Å². The first-order chi connectivity index (χ1) is 13.0. The van der Waals surface area contributed by atoms with Gasteiger partial charge in [0.25, 0.3) is 5.91 Å². The molecule has 0 unspecified atom stereocenters. The maximum Gasteiger partial charge on any atom is 0.251 e. The van der Waals surface area contributed by atoms with Crippen LogP contribution in [0.1, 0.15) is 23.2 Å². The highest BCUT2D eigenvalue weighted by atomic mass is 16.5. The molecule has 0 aliphatic carbocycles. The largest absolute Gasteiger partial charge is 0.493 e. The lowest BCUT2D eigenvalue weighted by molar-refractivity contribution is -0.136. The van der Waals surface area contributed by atoms with Crippen molar-refractivity contribution in [3.63, 3.8) is 0 Å². The summed E-state index contributed by atoms with van der Waals surface area (Å²) in [6.07, 6.45) is 1.32. The van der Waals surface area contributed by atoms with Crippen molar-refractivity contribution in [1.29, 1.82) is 0 Å². The molecule has 0 saturated carbocycles. The molecule has 1 aliphatic heterocycles. The van der Waals surface area contributed by atoms with Crippen LogP contribution >= 0.6 is 0 Å². The van der Waals surface area contributed by atoms with Crippen LogP contribution in [0.4, 0.5) is 0 Å². The Morgan fingerprint density at radius 2 is 1.70 bits per heavy atom. The van der Waals surface area contributed by atoms with Gasteiger partial charge in [-0.25, -0.2) is 0 Å². The molecule has 148 valence electrons. The molecule has 3 amide bonds. The van der Waals surface area contributed by atoms with Gasteiger partial charge < -0.3 is 30.2 Å². The second kappa shape index (κ2) is 9.65. The van der Waals surface area contributed by atoms with Crippen molar-refractivity contribution < 1.29 is 28.6 Å². The Balaban J connectivity index is 1.88. The van der Waals surface area contributed by atoms with Crippen molar-refractivity contribution in [2.24, 2.45) is 5.92 Å². The van der Waals surface area contributed by atoms with Gasteiger partial charge in [-0.05, 0) is 25.0 Å². The molecule has 0 radical (unpaired) electrons. The Labute approximate surface area is 157 Å². The standard InChI is InChI=1S/C18H25N3O6/c1-25-13-9-11(10-14(26-2)15(13)27-3)16(22)20-7-8-21-18(24)12-5-4-6-19-17(12)23/h9-10,12H,4-8H2,1-3H3,(H,19,23)(H,20,22)(H,21,24)/t12-/m0/s1. The molecule has 9 heteroatoms. The van der Waals surface area contributed by atoms with Crippen LogP contribution in [0.25, 0.3) is 0 Å². The SMILES string of the molecule is COc1cc(C(=O)NCCNC(=O)[C@H]2CCCNC2=O)cc(OC)c1OC. The number of hydrogen-bond acceptors (Lipinski definition) is 6. The number of carbonyl (C=O) groups is 3. The molecule has 3 N–H and O–H groups in total. The Hall–Kier alpha value is -2.97. The van der Waals surface area contributed by atoms with Crippen LogP contribution in [0.15, 0.2) is 12.1 Å². The van der Waals surface area contributed by atoms with Crippen LogP contribution < -0.4 is 30.2 Å². The van der Waals surface area contributed by atoms with E-state index in [4.69, 9.17) is 14.2 Å². The minimum Gasteiger partial charge on any atom is -0.493 e.